The highest BCUT2D eigenvalue weighted by molar-refractivity contribution is 5.97. The van der Waals surface area contributed by atoms with Crippen LogP contribution in [-0.4, -0.2) is 53.4 Å². The van der Waals surface area contributed by atoms with Crippen molar-refractivity contribution in [3.63, 3.8) is 0 Å². The Morgan fingerprint density at radius 3 is 2.06 bits per heavy atom. The number of nitrogens with one attached hydrogen (secondary N) is 2. The van der Waals surface area contributed by atoms with Crippen LogP contribution in [0.1, 0.15) is 42.2 Å². The Kier molecular flexibility index (Phi) is 9.65. The summed E-state index contributed by atoms with van der Waals surface area (Å²) in [6.07, 6.45) is 0.888. The zero-order valence-corrected chi connectivity index (χ0v) is 19.9. The largest absolute Gasteiger partial charge is 0.493 e. The molecule has 2 aromatic rings. The topological polar surface area (TPSA) is 104 Å². The molecule has 0 aliphatic heterocycles. The monoisotopic (exact) mass is 460 g/mol. The fourth-order valence-electron chi connectivity index (χ4n) is 3.14. The number of carbonyl (C=O) groups is 2. The van der Waals surface area contributed by atoms with E-state index in [2.05, 4.69) is 10.6 Å². The van der Waals surface area contributed by atoms with Crippen molar-refractivity contribution in [3.8, 4) is 28.7 Å². The molecule has 0 heterocycles. The van der Waals surface area contributed by atoms with Gasteiger partial charge in [0.1, 0.15) is 0 Å². The Hall–Kier alpha value is -3.62. The normalized spacial score (nSPS) is 11.2. The second kappa shape index (κ2) is 12.4. The number of methoxy groups -OCH3 is 4. The van der Waals surface area contributed by atoms with E-state index < -0.39 is 5.91 Å². The molecule has 2 rings (SSSR count). The van der Waals surface area contributed by atoms with Crippen LogP contribution in [0, 0.1) is 0 Å². The van der Waals surface area contributed by atoms with E-state index in [0.717, 1.165) is 12.0 Å². The molecule has 0 bridgehead atoms. The maximum Gasteiger partial charge on any atom is 0.251 e. The summed E-state index contributed by atoms with van der Waals surface area (Å²) in [5.41, 5.74) is 1.12. The average Bonchev–Trinajstić information content (AvgIpc) is 2.84. The zero-order valence-electron chi connectivity index (χ0n) is 19.9. The third kappa shape index (κ3) is 6.68. The van der Waals surface area contributed by atoms with E-state index in [1.165, 1.54) is 33.5 Å². The number of ether oxygens (including phenoxy) is 5. The number of carbonyl (C=O) groups excluding carboxylic acids is 2. The minimum atomic E-state index is -0.448. The average molecular weight is 461 g/mol. The summed E-state index contributed by atoms with van der Waals surface area (Å²) in [7, 11) is 5.98. The summed E-state index contributed by atoms with van der Waals surface area (Å²) in [5.74, 6) is 1.53. The van der Waals surface area contributed by atoms with Crippen molar-refractivity contribution in [2.24, 2.45) is 0 Å². The van der Waals surface area contributed by atoms with Crippen LogP contribution in [0.4, 0.5) is 0 Å². The Balaban J connectivity index is 2.00. The molecule has 1 unspecified atom stereocenters. The highest BCUT2D eigenvalue weighted by Crippen LogP contribution is 2.38. The van der Waals surface area contributed by atoms with Crippen LogP contribution < -0.4 is 34.3 Å². The van der Waals surface area contributed by atoms with Crippen molar-refractivity contribution < 1.29 is 33.3 Å². The Bertz CT molecular complexity index is 937. The number of benzene rings is 2. The molecule has 0 radical (unpaired) electrons. The first-order valence-corrected chi connectivity index (χ1v) is 10.6. The molecule has 0 saturated carbocycles. The van der Waals surface area contributed by atoms with Crippen molar-refractivity contribution in [1.29, 1.82) is 0 Å². The molecule has 0 spiro atoms. The number of amides is 2. The van der Waals surface area contributed by atoms with Gasteiger partial charge in [-0.1, -0.05) is 13.0 Å². The van der Waals surface area contributed by atoms with Gasteiger partial charge in [-0.2, -0.15) is 0 Å². The van der Waals surface area contributed by atoms with E-state index in [1.54, 1.807) is 7.11 Å². The van der Waals surface area contributed by atoms with Crippen molar-refractivity contribution in [1.82, 2.24) is 10.6 Å². The fraction of sp³-hybridized carbons (Fsp3) is 0.417. The van der Waals surface area contributed by atoms with Gasteiger partial charge in [-0.15, -0.1) is 0 Å². The quantitative estimate of drug-likeness (QED) is 0.501. The highest BCUT2D eigenvalue weighted by Gasteiger charge is 2.18. The first-order chi connectivity index (χ1) is 15.9. The molecule has 180 valence electrons. The molecule has 0 saturated heterocycles. The second-order valence-electron chi connectivity index (χ2n) is 7.14. The Labute approximate surface area is 194 Å². The maximum absolute atomic E-state index is 12.6. The van der Waals surface area contributed by atoms with Crippen molar-refractivity contribution in [2.45, 2.75) is 26.3 Å². The van der Waals surface area contributed by atoms with E-state index in [-0.39, 0.29) is 24.1 Å². The smallest absolute Gasteiger partial charge is 0.251 e. The molecule has 0 aromatic heterocycles. The van der Waals surface area contributed by atoms with Gasteiger partial charge in [-0.05, 0) is 43.2 Å². The Morgan fingerprint density at radius 2 is 1.52 bits per heavy atom. The van der Waals surface area contributed by atoms with Gasteiger partial charge in [0.2, 0.25) is 11.7 Å². The van der Waals surface area contributed by atoms with Crippen LogP contribution in [0.3, 0.4) is 0 Å². The van der Waals surface area contributed by atoms with Gasteiger partial charge in [0, 0.05) is 5.56 Å². The molecule has 9 heteroatoms. The highest BCUT2D eigenvalue weighted by atomic mass is 16.5. The van der Waals surface area contributed by atoms with Crippen molar-refractivity contribution >= 4 is 11.8 Å². The van der Waals surface area contributed by atoms with Crippen LogP contribution in [0.15, 0.2) is 30.3 Å². The zero-order chi connectivity index (χ0) is 24.4. The molecule has 33 heavy (non-hydrogen) atoms. The molecular formula is C24H32N2O7. The maximum atomic E-state index is 12.6. The summed E-state index contributed by atoms with van der Waals surface area (Å²) in [6, 6.07) is 8.25. The van der Waals surface area contributed by atoms with E-state index in [0.29, 0.717) is 35.4 Å². The van der Waals surface area contributed by atoms with Crippen molar-refractivity contribution in [3.05, 3.63) is 41.5 Å². The van der Waals surface area contributed by atoms with Crippen LogP contribution in [0.2, 0.25) is 0 Å². The second-order valence-corrected chi connectivity index (χ2v) is 7.14. The minimum Gasteiger partial charge on any atom is -0.493 e. The van der Waals surface area contributed by atoms with E-state index >= 15 is 0 Å². The standard InChI is InChI=1S/C24H32N2O7/c1-7-10-33-18-9-8-16(11-19(18)29-3)15(2)26-22(27)14-25-24(28)17-12-20(30-4)23(32-6)21(13-17)31-5/h8-9,11-13,15H,7,10,14H2,1-6H3,(H,25,28)(H,26,27). The number of hydrogen-bond acceptors (Lipinski definition) is 7. The van der Waals surface area contributed by atoms with Gasteiger partial charge < -0.3 is 34.3 Å². The van der Waals surface area contributed by atoms with E-state index in [9.17, 15) is 9.59 Å². The van der Waals surface area contributed by atoms with Crippen LogP contribution in [0.5, 0.6) is 28.7 Å². The number of rotatable bonds is 12. The summed E-state index contributed by atoms with van der Waals surface area (Å²) < 4.78 is 26.8. The summed E-state index contributed by atoms with van der Waals surface area (Å²) in [6.45, 7) is 4.27. The van der Waals surface area contributed by atoms with Gasteiger partial charge in [0.15, 0.2) is 23.0 Å². The number of hydrogen-bond donors (Lipinski definition) is 2. The third-order valence-corrected chi connectivity index (χ3v) is 4.86. The summed E-state index contributed by atoms with van der Waals surface area (Å²) >= 11 is 0. The van der Waals surface area contributed by atoms with Crippen LogP contribution in [0.25, 0.3) is 0 Å². The lowest BCUT2D eigenvalue weighted by atomic mass is 10.1. The van der Waals surface area contributed by atoms with E-state index in [1.807, 2.05) is 32.0 Å². The lowest BCUT2D eigenvalue weighted by molar-refractivity contribution is -0.120. The van der Waals surface area contributed by atoms with Crippen LogP contribution in [-0.2, 0) is 4.79 Å². The predicted octanol–water partition coefficient (Wildman–Crippen LogP) is 3.12. The molecular weight excluding hydrogens is 428 g/mol. The summed E-state index contributed by atoms with van der Waals surface area (Å²) in [5, 5.41) is 5.46. The minimum absolute atomic E-state index is 0.200. The summed E-state index contributed by atoms with van der Waals surface area (Å²) in [4.78, 5) is 25.0. The Morgan fingerprint density at radius 1 is 0.879 bits per heavy atom. The lowest BCUT2D eigenvalue weighted by Crippen LogP contribution is -2.38. The molecule has 2 N–H and O–H groups in total. The third-order valence-electron chi connectivity index (χ3n) is 4.86. The molecule has 0 fully saturated rings. The lowest BCUT2D eigenvalue weighted by Gasteiger charge is -2.17. The van der Waals surface area contributed by atoms with Gasteiger partial charge in [0.25, 0.3) is 5.91 Å². The predicted molar refractivity (Wildman–Crippen MR) is 124 cm³/mol. The molecule has 1 atom stereocenters. The van der Waals surface area contributed by atoms with Crippen molar-refractivity contribution in [2.75, 3.05) is 41.6 Å². The SMILES string of the molecule is CCCOc1ccc(C(C)NC(=O)CNC(=O)c2cc(OC)c(OC)c(OC)c2)cc1OC. The van der Waals surface area contributed by atoms with Crippen LogP contribution >= 0.6 is 0 Å². The van der Waals surface area contributed by atoms with Gasteiger partial charge in [-0.25, -0.2) is 0 Å². The molecule has 9 nitrogen and oxygen atoms in total. The van der Waals surface area contributed by atoms with E-state index in [4.69, 9.17) is 23.7 Å². The van der Waals surface area contributed by atoms with Gasteiger partial charge >= 0.3 is 0 Å². The van der Waals surface area contributed by atoms with Gasteiger partial charge in [0.05, 0.1) is 47.6 Å². The molecule has 0 aliphatic rings. The fourth-order valence-corrected chi connectivity index (χ4v) is 3.14. The first-order valence-electron chi connectivity index (χ1n) is 10.6. The first kappa shape index (κ1) is 25.6. The molecule has 2 amide bonds. The molecule has 2 aromatic carbocycles. The molecule has 0 aliphatic carbocycles. The van der Waals surface area contributed by atoms with Gasteiger partial charge in [-0.3, -0.25) is 9.59 Å².